The van der Waals surface area contributed by atoms with E-state index in [9.17, 15) is 5.11 Å². The van der Waals surface area contributed by atoms with Crippen LogP contribution in [0.3, 0.4) is 0 Å². The molecule has 0 spiro atoms. The van der Waals surface area contributed by atoms with Gasteiger partial charge in [-0.2, -0.15) is 10.1 Å². The monoisotopic (exact) mass is 423 g/mol. The van der Waals surface area contributed by atoms with Gasteiger partial charge in [-0.15, -0.1) is 5.10 Å². The van der Waals surface area contributed by atoms with Crippen molar-refractivity contribution in [2.75, 3.05) is 37.8 Å². The topological polar surface area (TPSA) is 103 Å². The molecule has 0 aromatic carbocycles. The highest BCUT2D eigenvalue weighted by molar-refractivity contribution is 5.77. The standard InChI is InChI=1S/C21H25N7O3/c1-14(2)31-13-18(29)15-9-16-11-23-28(20(16)22-10-15)17-3-4-19-24-21(25-27(19)12-17)26-5-7-30-8-6-26/h3-4,9-12,14,18,29H,5-8,13H2,1-2H3/t18-/m0/s1. The summed E-state index contributed by atoms with van der Waals surface area (Å²) in [6.07, 6.45) is 4.63. The quantitative estimate of drug-likeness (QED) is 0.500. The molecule has 1 aliphatic heterocycles. The lowest BCUT2D eigenvalue weighted by Crippen LogP contribution is -2.36. The Bertz CT molecular complexity index is 1200. The van der Waals surface area contributed by atoms with Crippen molar-refractivity contribution in [2.45, 2.75) is 26.1 Å². The Morgan fingerprint density at radius 3 is 2.84 bits per heavy atom. The average molecular weight is 423 g/mol. The minimum atomic E-state index is -0.729. The first-order valence-electron chi connectivity index (χ1n) is 10.4. The van der Waals surface area contributed by atoms with E-state index in [1.165, 1.54) is 0 Å². The van der Waals surface area contributed by atoms with Gasteiger partial charge >= 0.3 is 0 Å². The summed E-state index contributed by atoms with van der Waals surface area (Å²) in [6.45, 7) is 7.05. The van der Waals surface area contributed by atoms with Crippen molar-refractivity contribution in [2.24, 2.45) is 0 Å². The molecule has 0 bridgehead atoms. The van der Waals surface area contributed by atoms with Crippen LogP contribution in [0.1, 0.15) is 25.5 Å². The summed E-state index contributed by atoms with van der Waals surface area (Å²) >= 11 is 0. The van der Waals surface area contributed by atoms with Crippen LogP contribution in [0.2, 0.25) is 0 Å². The van der Waals surface area contributed by atoms with Gasteiger partial charge in [0.2, 0.25) is 5.95 Å². The van der Waals surface area contributed by atoms with E-state index in [-0.39, 0.29) is 12.7 Å². The van der Waals surface area contributed by atoms with Crippen molar-refractivity contribution in [3.05, 3.63) is 42.4 Å². The molecule has 162 valence electrons. The smallest absolute Gasteiger partial charge is 0.245 e. The molecule has 0 amide bonds. The van der Waals surface area contributed by atoms with Crippen molar-refractivity contribution < 1.29 is 14.6 Å². The number of hydrogen-bond donors (Lipinski definition) is 1. The Balaban J connectivity index is 1.43. The normalized spacial score (nSPS) is 15.9. The fourth-order valence-electron chi connectivity index (χ4n) is 3.57. The first-order valence-corrected chi connectivity index (χ1v) is 10.4. The molecule has 1 saturated heterocycles. The molecule has 0 saturated carbocycles. The molecule has 31 heavy (non-hydrogen) atoms. The summed E-state index contributed by atoms with van der Waals surface area (Å²) in [5, 5.41) is 20.3. The number of anilines is 1. The fourth-order valence-corrected chi connectivity index (χ4v) is 3.57. The Kier molecular flexibility index (Phi) is 5.26. The molecule has 0 aliphatic carbocycles. The SMILES string of the molecule is CC(C)OC[C@H](O)c1cnc2c(cnn2-c2ccc3nc(N4CCOCC4)nn3c2)c1. The van der Waals surface area contributed by atoms with Crippen LogP contribution in [-0.4, -0.2) is 73.5 Å². The molecule has 1 aliphatic rings. The average Bonchev–Trinajstić information content (AvgIpc) is 3.41. The van der Waals surface area contributed by atoms with Gasteiger partial charge in [-0.05, 0) is 32.0 Å². The number of morpholine rings is 1. The number of rotatable bonds is 6. The van der Waals surface area contributed by atoms with Crippen LogP contribution in [0.25, 0.3) is 22.4 Å². The maximum Gasteiger partial charge on any atom is 0.245 e. The molecule has 5 rings (SSSR count). The van der Waals surface area contributed by atoms with Gasteiger partial charge in [0.25, 0.3) is 0 Å². The zero-order valence-electron chi connectivity index (χ0n) is 17.5. The van der Waals surface area contributed by atoms with Gasteiger partial charge in [0.1, 0.15) is 6.10 Å². The van der Waals surface area contributed by atoms with Gasteiger partial charge in [-0.25, -0.2) is 14.2 Å². The number of fused-ring (bicyclic) bond motifs is 2. The first kappa shape index (κ1) is 19.9. The van der Waals surface area contributed by atoms with Crippen molar-refractivity contribution in [3.8, 4) is 5.69 Å². The molecule has 4 aromatic rings. The fraction of sp³-hybridized carbons (Fsp3) is 0.429. The van der Waals surface area contributed by atoms with E-state index in [0.717, 1.165) is 29.8 Å². The van der Waals surface area contributed by atoms with Crippen molar-refractivity contribution in [1.29, 1.82) is 0 Å². The van der Waals surface area contributed by atoms with E-state index < -0.39 is 6.10 Å². The summed E-state index contributed by atoms with van der Waals surface area (Å²) < 4.78 is 14.4. The second-order valence-electron chi connectivity index (χ2n) is 7.84. The Morgan fingerprint density at radius 1 is 1.19 bits per heavy atom. The van der Waals surface area contributed by atoms with Crippen LogP contribution >= 0.6 is 0 Å². The highest BCUT2D eigenvalue weighted by Crippen LogP contribution is 2.22. The number of pyridine rings is 2. The predicted octanol–water partition coefficient (Wildman–Crippen LogP) is 1.76. The van der Waals surface area contributed by atoms with Crippen LogP contribution in [0.15, 0.2) is 36.8 Å². The zero-order valence-corrected chi connectivity index (χ0v) is 17.5. The summed E-state index contributed by atoms with van der Waals surface area (Å²) in [7, 11) is 0. The Hall–Kier alpha value is -3.08. The van der Waals surface area contributed by atoms with E-state index in [1.54, 1.807) is 21.6 Å². The van der Waals surface area contributed by atoms with Gasteiger partial charge < -0.3 is 19.5 Å². The second-order valence-corrected chi connectivity index (χ2v) is 7.84. The van der Waals surface area contributed by atoms with Crippen LogP contribution < -0.4 is 4.90 Å². The number of aromatic nitrogens is 6. The summed E-state index contributed by atoms with van der Waals surface area (Å²) in [5.41, 5.74) is 3.00. The molecule has 5 heterocycles. The van der Waals surface area contributed by atoms with Crippen LogP contribution in [0, 0.1) is 0 Å². The van der Waals surface area contributed by atoms with E-state index in [0.29, 0.717) is 30.4 Å². The van der Waals surface area contributed by atoms with Gasteiger partial charge in [0, 0.05) is 30.2 Å². The summed E-state index contributed by atoms with van der Waals surface area (Å²) in [5.74, 6) is 0.700. The van der Waals surface area contributed by atoms with Crippen LogP contribution in [-0.2, 0) is 9.47 Å². The molecule has 10 nitrogen and oxygen atoms in total. The minimum Gasteiger partial charge on any atom is -0.386 e. The third-order valence-electron chi connectivity index (χ3n) is 5.24. The minimum absolute atomic E-state index is 0.0598. The van der Waals surface area contributed by atoms with E-state index in [4.69, 9.17) is 9.47 Å². The third kappa shape index (κ3) is 3.97. The van der Waals surface area contributed by atoms with E-state index in [2.05, 4.69) is 25.1 Å². The number of hydrogen-bond acceptors (Lipinski definition) is 8. The molecule has 0 radical (unpaired) electrons. The number of ether oxygens (including phenoxy) is 2. The Labute approximate surface area is 179 Å². The second kappa shape index (κ2) is 8.22. The molecule has 1 atom stereocenters. The number of nitrogens with zero attached hydrogens (tertiary/aromatic N) is 7. The lowest BCUT2D eigenvalue weighted by molar-refractivity contribution is 0.00486. The lowest BCUT2D eigenvalue weighted by atomic mass is 10.1. The molecule has 1 fully saturated rings. The van der Waals surface area contributed by atoms with E-state index >= 15 is 0 Å². The maximum atomic E-state index is 10.4. The highest BCUT2D eigenvalue weighted by atomic mass is 16.5. The molecular weight excluding hydrogens is 398 g/mol. The highest BCUT2D eigenvalue weighted by Gasteiger charge is 2.17. The third-order valence-corrected chi connectivity index (χ3v) is 5.24. The van der Waals surface area contributed by atoms with Crippen molar-refractivity contribution in [3.63, 3.8) is 0 Å². The number of aliphatic hydroxyl groups excluding tert-OH is 1. The van der Waals surface area contributed by atoms with Gasteiger partial charge in [-0.1, -0.05) is 0 Å². The summed E-state index contributed by atoms with van der Waals surface area (Å²) in [4.78, 5) is 11.3. The zero-order chi connectivity index (χ0) is 21.4. The van der Waals surface area contributed by atoms with Gasteiger partial charge in [0.05, 0.1) is 44.0 Å². The van der Waals surface area contributed by atoms with Crippen LogP contribution in [0.4, 0.5) is 5.95 Å². The molecule has 4 aromatic heterocycles. The summed E-state index contributed by atoms with van der Waals surface area (Å²) in [6, 6.07) is 5.76. The predicted molar refractivity (Wildman–Crippen MR) is 114 cm³/mol. The number of aliphatic hydroxyl groups is 1. The Morgan fingerprint density at radius 2 is 2.03 bits per heavy atom. The van der Waals surface area contributed by atoms with E-state index in [1.807, 2.05) is 38.2 Å². The van der Waals surface area contributed by atoms with Crippen molar-refractivity contribution in [1.82, 2.24) is 29.4 Å². The first-order chi connectivity index (χ1) is 15.1. The van der Waals surface area contributed by atoms with Gasteiger partial charge in [-0.3, -0.25) is 0 Å². The van der Waals surface area contributed by atoms with Gasteiger partial charge in [0.15, 0.2) is 11.3 Å². The van der Waals surface area contributed by atoms with Crippen LogP contribution in [0.5, 0.6) is 0 Å². The maximum absolute atomic E-state index is 10.4. The van der Waals surface area contributed by atoms with Crippen molar-refractivity contribution >= 4 is 22.6 Å². The molecule has 10 heteroatoms. The molecule has 1 N–H and O–H groups in total. The largest absolute Gasteiger partial charge is 0.386 e. The lowest BCUT2D eigenvalue weighted by Gasteiger charge is -2.25. The molecular formula is C21H25N7O3. The molecule has 0 unspecified atom stereocenters.